The van der Waals surface area contributed by atoms with Gasteiger partial charge in [0.2, 0.25) is 0 Å². The van der Waals surface area contributed by atoms with E-state index in [1.54, 1.807) is 0 Å². The molecule has 1 aromatic rings. The number of benzene rings is 1. The summed E-state index contributed by atoms with van der Waals surface area (Å²) < 4.78 is 72.0. The molecule has 0 aliphatic rings. The molecule has 0 radical (unpaired) electrons. The molecule has 0 aliphatic carbocycles. The molecule has 0 heterocycles. The third kappa shape index (κ3) is 5.44. The van der Waals surface area contributed by atoms with Crippen molar-refractivity contribution in [2.75, 3.05) is 0 Å². The minimum Gasteiger partial charge on any atom is -0.507 e. The van der Waals surface area contributed by atoms with E-state index in [0.29, 0.717) is 6.07 Å². The first-order valence-corrected chi connectivity index (χ1v) is 5.55. The van der Waals surface area contributed by atoms with Gasteiger partial charge in [0.25, 0.3) is 0 Å². The van der Waals surface area contributed by atoms with Crippen LogP contribution in [-0.4, -0.2) is 16.1 Å². The lowest BCUT2D eigenvalue weighted by Crippen LogP contribution is -2.01. The monoisotopic (exact) mass is 294 g/mol. The van der Waals surface area contributed by atoms with Crippen LogP contribution in [0.3, 0.4) is 0 Å². The van der Waals surface area contributed by atoms with Crippen LogP contribution in [0.4, 0.5) is 26.3 Å². The fourth-order valence-corrected chi connectivity index (χ4v) is 2.16. The minimum atomic E-state index is -4.67. The quantitative estimate of drug-likeness (QED) is 0.635. The van der Waals surface area contributed by atoms with Crippen LogP contribution in [-0.2, 0) is 0 Å². The van der Waals surface area contributed by atoms with Gasteiger partial charge in [-0.25, -0.2) is 0 Å². The van der Waals surface area contributed by atoms with Gasteiger partial charge in [0.05, 0.1) is 4.90 Å². The van der Waals surface area contributed by atoms with Gasteiger partial charge in [-0.2, -0.15) is 26.3 Å². The zero-order valence-corrected chi connectivity index (χ0v) is 9.40. The Labute approximate surface area is 100 Å². The molecule has 0 unspecified atom stereocenters. The van der Waals surface area contributed by atoms with E-state index in [0.717, 1.165) is 12.1 Å². The van der Waals surface area contributed by atoms with Gasteiger partial charge in [-0.1, -0.05) is 0 Å². The van der Waals surface area contributed by atoms with Crippen LogP contribution in [0.25, 0.3) is 0 Å². The number of rotatable bonds is 2. The lowest BCUT2D eigenvalue weighted by atomic mass is 10.3. The van der Waals surface area contributed by atoms with E-state index in [1.807, 2.05) is 0 Å². The van der Waals surface area contributed by atoms with E-state index < -0.39 is 50.1 Å². The average molecular weight is 294 g/mol. The number of halogens is 6. The number of phenolic OH excluding ortho intramolecular Hbond substituents is 1. The molecule has 0 fully saturated rings. The van der Waals surface area contributed by atoms with E-state index >= 15 is 0 Å². The Morgan fingerprint density at radius 3 is 1.88 bits per heavy atom. The molecule has 9 heteroatoms. The Morgan fingerprint density at radius 2 is 1.41 bits per heavy atom. The van der Waals surface area contributed by atoms with Gasteiger partial charge in [0.15, 0.2) is 0 Å². The Bertz CT molecular complexity index is 400. The number of aromatic hydroxyl groups is 1. The fraction of sp³-hybridized carbons (Fsp3) is 0.250. The summed E-state index contributed by atoms with van der Waals surface area (Å²) in [5.41, 5.74) is -9.25. The van der Waals surface area contributed by atoms with Gasteiger partial charge < -0.3 is 5.11 Å². The summed E-state index contributed by atoms with van der Waals surface area (Å²) in [5.74, 6) is -0.709. The summed E-state index contributed by atoms with van der Waals surface area (Å²) in [4.78, 5) is -1.08. The molecule has 0 bridgehead atoms. The second kappa shape index (κ2) is 4.89. The van der Waals surface area contributed by atoms with Gasteiger partial charge in [0, 0.05) is 4.90 Å². The van der Waals surface area contributed by atoms with Gasteiger partial charge in [-0.15, -0.1) is 0 Å². The Kier molecular flexibility index (Phi) is 4.13. The lowest BCUT2D eigenvalue weighted by Gasteiger charge is -2.10. The highest BCUT2D eigenvalue weighted by atomic mass is 32.2. The third-order valence-electron chi connectivity index (χ3n) is 1.39. The topological polar surface area (TPSA) is 20.2 Å². The predicted octanol–water partition coefficient (Wildman–Crippen LogP) is 4.62. The Balaban J connectivity index is 2.95. The first kappa shape index (κ1) is 14.4. The van der Waals surface area contributed by atoms with Gasteiger partial charge >= 0.3 is 11.0 Å². The van der Waals surface area contributed by atoms with Crippen LogP contribution in [0, 0.1) is 0 Å². The fourth-order valence-electron chi connectivity index (χ4n) is 0.898. The highest BCUT2D eigenvalue weighted by Crippen LogP contribution is 2.44. The van der Waals surface area contributed by atoms with E-state index in [9.17, 15) is 26.3 Å². The summed E-state index contributed by atoms with van der Waals surface area (Å²) in [6.45, 7) is 0. The molecule has 0 aliphatic heterocycles. The molecule has 0 amide bonds. The first-order valence-electron chi connectivity index (χ1n) is 3.91. The molecule has 1 rings (SSSR count). The highest BCUT2D eigenvalue weighted by Gasteiger charge is 2.32. The van der Waals surface area contributed by atoms with Crippen molar-refractivity contribution >= 4 is 23.5 Å². The summed E-state index contributed by atoms with van der Waals surface area (Å²) in [6.07, 6.45) is 0. The van der Waals surface area contributed by atoms with Crippen LogP contribution >= 0.6 is 23.5 Å². The van der Waals surface area contributed by atoms with E-state index in [2.05, 4.69) is 0 Å². The van der Waals surface area contributed by atoms with Gasteiger partial charge in [-0.3, -0.25) is 0 Å². The number of hydrogen-bond donors (Lipinski definition) is 1. The zero-order chi connectivity index (χ0) is 13.3. The van der Waals surface area contributed by atoms with Crippen LogP contribution in [0.2, 0.25) is 0 Å². The van der Waals surface area contributed by atoms with Crippen LogP contribution in [0.5, 0.6) is 5.75 Å². The molecular weight excluding hydrogens is 290 g/mol. The van der Waals surface area contributed by atoms with E-state index in [-0.39, 0.29) is 0 Å². The van der Waals surface area contributed by atoms with E-state index in [4.69, 9.17) is 5.11 Å². The van der Waals surface area contributed by atoms with Crippen molar-refractivity contribution in [3.05, 3.63) is 18.2 Å². The molecule has 0 aromatic heterocycles. The molecule has 96 valence electrons. The van der Waals surface area contributed by atoms with Gasteiger partial charge in [-0.05, 0) is 41.7 Å². The highest BCUT2D eigenvalue weighted by molar-refractivity contribution is 8.01. The summed E-state index contributed by atoms with van der Waals surface area (Å²) in [6, 6.07) is 2.34. The Hall–Kier alpha value is -0.700. The molecule has 1 aromatic carbocycles. The first-order chi connectivity index (χ1) is 7.57. The number of phenols is 1. The van der Waals surface area contributed by atoms with Crippen LogP contribution < -0.4 is 0 Å². The van der Waals surface area contributed by atoms with Crippen molar-refractivity contribution in [2.24, 2.45) is 0 Å². The summed E-state index contributed by atoms with van der Waals surface area (Å²) in [5, 5.41) is 9.09. The van der Waals surface area contributed by atoms with Crippen molar-refractivity contribution < 1.29 is 31.4 Å². The van der Waals surface area contributed by atoms with E-state index in [1.165, 1.54) is 0 Å². The molecule has 1 nitrogen and oxygen atoms in total. The maximum absolute atomic E-state index is 12.0. The molecule has 0 spiro atoms. The maximum atomic E-state index is 12.0. The molecule has 17 heavy (non-hydrogen) atoms. The molecule has 0 saturated carbocycles. The average Bonchev–Trinajstić information content (AvgIpc) is 2.05. The smallest absolute Gasteiger partial charge is 0.446 e. The molecule has 1 N–H and O–H groups in total. The second-order valence-electron chi connectivity index (χ2n) is 2.73. The molecular formula is C8H4F6OS2. The van der Waals surface area contributed by atoms with Crippen molar-refractivity contribution in [1.29, 1.82) is 0 Å². The normalized spacial score (nSPS) is 12.8. The van der Waals surface area contributed by atoms with Crippen LogP contribution in [0.15, 0.2) is 28.0 Å². The molecule has 0 saturated heterocycles. The zero-order valence-electron chi connectivity index (χ0n) is 7.76. The second-order valence-corrected chi connectivity index (χ2v) is 4.97. The third-order valence-corrected chi connectivity index (χ3v) is 2.89. The van der Waals surface area contributed by atoms with Crippen molar-refractivity contribution in [3.63, 3.8) is 0 Å². The number of alkyl halides is 6. The summed E-state index contributed by atoms with van der Waals surface area (Å²) >= 11 is -1.21. The maximum Gasteiger partial charge on any atom is 0.446 e. The SMILES string of the molecule is Oc1ccc(SC(F)(F)F)cc1SC(F)(F)F. The standard InChI is InChI=1S/C8H4F6OS2/c9-7(10,11)16-4-1-2-5(15)6(3-4)17-8(12,13)14/h1-3,15H. The van der Waals surface area contributed by atoms with Gasteiger partial charge in [0.1, 0.15) is 5.75 Å². The minimum absolute atomic E-state index is 0.415. The van der Waals surface area contributed by atoms with Crippen molar-refractivity contribution in [2.45, 2.75) is 20.8 Å². The van der Waals surface area contributed by atoms with Crippen molar-refractivity contribution in [1.82, 2.24) is 0 Å². The van der Waals surface area contributed by atoms with Crippen LogP contribution in [0.1, 0.15) is 0 Å². The number of hydrogen-bond acceptors (Lipinski definition) is 3. The molecule has 0 atom stereocenters. The number of thioether (sulfide) groups is 2. The predicted molar refractivity (Wildman–Crippen MR) is 51.9 cm³/mol. The lowest BCUT2D eigenvalue weighted by molar-refractivity contribution is -0.0335. The largest absolute Gasteiger partial charge is 0.507 e. The Morgan fingerprint density at radius 1 is 0.882 bits per heavy atom. The van der Waals surface area contributed by atoms with Crippen molar-refractivity contribution in [3.8, 4) is 5.75 Å². The summed E-state index contributed by atoms with van der Waals surface area (Å²) in [7, 11) is 0.